The van der Waals surface area contributed by atoms with Gasteiger partial charge in [-0.2, -0.15) is 11.3 Å². The molecule has 1 heterocycles. The van der Waals surface area contributed by atoms with Gasteiger partial charge in [-0.15, -0.1) is 0 Å². The maximum atomic E-state index is 12.0. The molecule has 2 N–H and O–H groups in total. The highest BCUT2D eigenvalue weighted by atomic mass is 35.5. The van der Waals surface area contributed by atoms with Crippen molar-refractivity contribution in [2.75, 3.05) is 26.0 Å². The lowest BCUT2D eigenvalue weighted by atomic mass is 10.1. The fraction of sp³-hybridized carbons (Fsp3) is 0.267. The van der Waals surface area contributed by atoms with Crippen LogP contribution in [0.25, 0.3) is 0 Å². The lowest BCUT2D eigenvalue weighted by molar-refractivity contribution is -0.384. The zero-order valence-corrected chi connectivity index (χ0v) is 14.7. The number of rotatable bonds is 6. The van der Waals surface area contributed by atoms with Crippen LogP contribution in [0.1, 0.15) is 11.6 Å². The molecule has 128 valence electrons. The van der Waals surface area contributed by atoms with Gasteiger partial charge in [-0.1, -0.05) is 11.6 Å². The summed E-state index contributed by atoms with van der Waals surface area (Å²) in [6.45, 7) is 0.408. The molecule has 2 amide bonds. The van der Waals surface area contributed by atoms with Crippen molar-refractivity contribution in [1.29, 1.82) is 0 Å². The molecule has 0 fully saturated rings. The number of carbonyl (C=O) groups is 1. The minimum Gasteiger partial charge on any atom is -0.336 e. The molecule has 1 aromatic carbocycles. The van der Waals surface area contributed by atoms with Gasteiger partial charge in [0.2, 0.25) is 0 Å². The van der Waals surface area contributed by atoms with Crippen LogP contribution in [0, 0.1) is 10.1 Å². The fourth-order valence-electron chi connectivity index (χ4n) is 2.16. The second kappa shape index (κ2) is 8.09. The van der Waals surface area contributed by atoms with E-state index in [-0.39, 0.29) is 16.8 Å². The van der Waals surface area contributed by atoms with E-state index >= 15 is 0 Å². The summed E-state index contributed by atoms with van der Waals surface area (Å²) in [5.74, 6) is 0. The number of carbonyl (C=O) groups excluding carboxylic acids is 1. The Morgan fingerprint density at radius 1 is 1.42 bits per heavy atom. The largest absolute Gasteiger partial charge is 0.336 e. The highest BCUT2D eigenvalue weighted by Gasteiger charge is 2.17. The quantitative estimate of drug-likeness (QED) is 0.600. The maximum absolute atomic E-state index is 12.0. The number of thiophene rings is 1. The van der Waals surface area contributed by atoms with Gasteiger partial charge in [0.05, 0.1) is 11.0 Å². The Bertz CT molecular complexity index is 722. The summed E-state index contributed by atoms with van der Waals surface area (Å²) in [6.07, 6.45) is 0. The van der Waals surface area contributed by atoms with Gasteiger partial charge in [-0.25, -0.2) is 4.79 Å². The summed E-state index contributed by atoms with van der Waals surface area (Å²) in [5.41, 5.74) is 1.17. The molecule has 0 aliphatic rings. The van der Waals surface area contributed by atoms with Gasteiger partial charge in [0.25, 0.3) is 5.69 Å². The molecule has 0 aliphatic carbocycles. The van der Waals surface area contributed by atoms with Gasteiger partial charge >= 0.3 is 6.03 Å². The third kappa shape index (κ3) is 4.67. The van der Waals surface area contributed by atoms with E-state index in [1.165, 1.54) is 18.2 Å². The van der Waals surface area contributed by atoms with Gasteiger partial charge in [0.15, 0.2) is 0 Å². The van der Waals surface area contributed by atoms with Gasteiger partial charge < -0.3 is 15.5 Å². The summed E-state index contributed by atoms with van der Waals surface area (Å²) in [5, 5.41) is 20.3. The summed E-state index contributed by atoms with van der Waals surface area (Å²) < 4.78 is 0. The standard InChI is InChI=1S/C15H17ClN4O3S/c1-19(2)14(10-5-6-24-9-10)8-17-15(21)18-11-3-4-12(16)13(7-11)20(22)23/h3-7,9,14H,8H2,1-2H3,(H2,17,18,21). The van der Waals surface area contributed by atoms with Crippen LogP contribution >= 0.6 is 22.9 Å². The van der Waals surface area contributed by atoms with Crippen LogP contribution in [0.4, 0.5) is 16.2 Å². The first kappa shape index (κ1) is 18.2. The van der Waals surface area contributed by atoms with Gasteiger partial charge in [-0.3, -0.25) is 10.1 Å². The zero-order chi connectivity index (χ0) is 17.7. The van der Waals surface area contributed by atoms with E-state index in [9.17, 15) is 14.9 Å². The number of anilines is 1. The van der Waals surface area contributed by atoms with Crippen molar-refractivity contribution in [3.8, 4) is 0 Å². The molecule has 2 aromatic rings. The Hall–Kier alpha value is -2.16. The number of nitro groups is 1. The van der Waals surface area contributed by atoms with Gasteiger partial charge in [0, 0.05) is 18.3 Å². The number of likely N-dealkylation sites (N-methyl/N-ethyl adjacent to an activating group) is 1. The number of hydrogen-bond donors (Lipinski definition) is 2. The van der Waals surface area contributed by atoms with Gasteiger partial charge in [-0.05, 0) is 48.6 Å². The van der Waals surface area contributed by atoms with Crippen LogP contribution in [-0.4, -0.2) is 36.5 Å². The van der Waals surface area contributed by atoms with E-state index in [4.69, 9.17) is 11.6 Å². The smallest absolute Gasteiger partial charge is 0.319 e. The number of benzene rings is 1. The van der Waals surface area contributed by atoms with Crippen LogP contribution in [-0.2, 0) is 0 Å². The highest BCUT2D eigenvalue weighted by Crippen LogP contribution is 2.27. The minimum atomic E-state index is -0.593. The average molecular weight is 369 g/mol. The molecule has 24 heavy (non-hydrogen) atoms. The molecule has 0 saturated carbocycles. The van der Waals surface area contributed by atoms with E-state index in [0.717, 1.165) is 5.56 Å². The number of halogens is 1. The van der Waals surface area contributed by atoms with Crippen LogP contribution in [0.5, 0.6) is 0 Å². The summed E-state index contributed by atoms with van der Waals surface area (Å²) in [6, 6.07) is 5.73. The van der Waals surface area contributed by atoms with Crippen LogP contribution < -0.4 is 10.6 Å². The van der Waals surface area contributed by atoms with Crippen molar-refractivity contribution in [2.24, 2.45) is 0 Å². The number of hydrogen-bond acceptors (Lipinski definition) is 5. The SMILES string of the molecule is CN(C)C(CNC(=O)Nc1ccc(Cl)c([N+](=O)[O-])c1)c1ccsc1. The first-order valence-corrected chi connectivity index (χ1v) is 8.38. The van der Waals surface area contributed by atoms with Crippen LogP contribution in [0.2, 0.25) is 5.02 Å². The maximum Gasteiger partial charge on any atom is 0.319 e. The third-order valence-corrected chi connectivity index (χ3v) is 4.43. The molecule has 0 spiro atoms. The summed E-state index contributed by atoms with van der Waals surface area (Å²) >= 11 is 7.34. The molecule has 1 atom stereocenters. The zero-order valence-electron chi connectivity index (χ0n) is 13.2. The van der Waals surface area contributed by atoms with Crippen LogP contribution in [0.3, 0.4) is 0 Å². The highest BCUT2D eigenvalue weighted by molar-refractivity contribution is 7.07. The van der Waals surface area contributed by atoms with E-state index in [1.807, 2.05) is 35.8 Å². The van der Waals surface area contributed by atoms with E-state index in [0.29, 0.717) is 12.2 Å². The summed E-state index contributed by atoms with van der Waals surface area (Å²) in [7, 11) is 3.87. The number of nitrogens with zero attached hydrogens (tertiary/aromatic N) is 2. The number of nitrogens with one attached hydrogen (secondary N) is 2. The van der Waals surface area contributed by atoms with E-state index in [1.54, 1.807) is 11.3 Å². The Labute approximate surface area is 148 Å². The lowest BCUT2D eigenvalue weighted by Crippen LogP contribution is -2.36. The fourth-order valence-corrected chi connectivity index (χ4v) is 3.05. The monoisotopic (exact) mass is 368 g/mol. The lowest BCUT2D eigenvalue weighted by Gasteiger charge is -2.24. The molecular formula is C15H17ClN4O3S. The van der Waals surface area contributed by atoms with Gasteiger partial charge in [0.1, 0.15) is 5.02 Å². The molecule has 0 saturated heterocycles. The Morgan fingerprint density at radius 3 is 2.75 bits per heavy atom. The van der Waals surface area contributed by atoms with Crippen molar-refractivity contribution in [1.82, 2.24) is 10.2 Å². The summed E-state index contributed by atoms with van der Waals surface area (Å²) in [4.78, 5) is 24.3. The predicted molar refractivity (Wildman–Crippen MR) is 95.9 cm³/mol. The van der Waals surface area contributed by atoms with Crippen molar-refractivity contribution in [3.63, 3.8) is 0 Å². The Kier molecular flexibility index (Phi) is 6.13. The predicted octanol–water partition coefficient (Wildman–Crippen LogP) is 3.73. The normalized spacial score (nSPS) is 12.0. The number of amides is 2. The molecule has 0 aliphatic heterocycles. The third-order valence-electron chi connectivity index (χ3n) is 3.41. The topological polar surface area (TPSA) is 87.5 Å². The molecule has 0 bridgehead atoms. The molecular weight excluding hydrogens is 352 g/mol. The molecule has 2 rings (SSSR count). The second-order valence-electron chi connectivity index (χ2n) is 5.29. The Balaban J connectivity index is 1.98. The van der Waals surface area contributed by atoms with Crippen molar-refractivity contribution in [2.45, 2.75) is 6.04 Å². The van der Waals surface area contributed by atoms with Crippen LogP contribution in [0.15, 0.2) is 35.0 Å². The second-order valence-corrected chi connectivity index (χ2v) is 6.48. The van der Waals surface area contributed by atoms with Crippen molar-refractivity contribution >= 4 is 40.3 Å². The molecule has 0 radical (unpaired) electrons. The molecule has 1 unspecified atom stereocenters. The number of nitro benzene ring substituents is 1. The van der Waals surface area contributed by atoms with E-state index in [2.05, 4.69) is 10.6 Å². The molecule has 1 aromatic heterocycles. The average Bonchev–Trinajstić information content (AvgIpc) is 3.03. The number of urea groups is 1. The Morgan fingerprint density at radius 2 is 2.17 bits per heavy atom. The minimum absolute atomic E-state index is 0.0242. The first-order valence-electron chi connectivity index (χ1n) is 7.06. The first-order chi connectivity index (χ1) is 11.4. The molecule has 9 heteroatoms. The van der Waals surface area contributed by atoms with E-state index < -0.39 is 11.0 Å². The molecule has 7 nitrogen and oxygen atoms in total. The van der Waals surface area contributed by atoms with Crippen molar-refractivity contribution < 1.29 is 9.72 Å². The van der Waals surface area contributed by atoms with Crippen molar-refractivity contribution in [3.05, 3.63) is 55.7 Å².